The zero-order chi connectivity index (χ0) is 12.6. The second kappa shape index (κ2) is 4.58. The third-order valence-corrected chi connectivity index (χ3v) is 4.94. The number of nitrogens with two attached hydrogens (primary N) is 1. The van der Waals surface area contributed by atoms with E-state index in [2.05, 4.69) is 12.1 Å². The van der Waals surface area contributed by atoms with Gasteiger partial charge in [-0.05, 0) is 49.3 Å². The number of ether oxygens (including phenoxy) is 1. The van der Waals surface area contributed by atoms with Gasteiger partial charge in [0.2, 0.25) is 0 Å². The first-order valence-corrected chi connectivity index (χ1v) is 7.19. The number of rotatable bonds is 3. The van der Waals surface area contributed by atoms with E-state index in [0.717, 1.165) is 12.3 Å². The Morgan fingerprint density at radius 1 is 1.11 bits per heavy atom. The molecule has 0 atom stereocenters. The van der Waals surface area contributed by atoms with Crippen molar-refractivity contribution in [3.8, 4) is 5.75 Å². The molecule has 3 rings (SSSR count). The van der Waals surface area contributed by atoms with Crippen molar-refractivity contribution in [2.45, 2.75) is 50.4 Å². The summed E-state index contributed by atoms with van der Waals surface area (Å²) in [4.78, 5) is 0. The Balaban J connectivity index is 2.09. The first-order chi connectivity index (χ1) is 8.79. The van der Waals surface area contributed by atoms with E-state index in [1.54, 1.807) is 7.11 Å². The number of hydrogen-bond acceptors (Lipinski definition) is 2. The zero-order valence-electron chi connectivity index (χ0n) is 11.3. The van der Waals surface area contributed by atoms with Gasteiger partial charge in [0.15, 0.2) is 0 Å². The van der Waals surface area contributed by atoms with Gasteiger partial charge < -0.3 is 10.5 Å². The van der Waals surface area contributed by atoms with E-state index in [9.17, 15) is 0 Å². The third kappa shape index (κ3) is 1.74. The molecule has 0 unspecified atom stereocenters. The summed E-state index contributed by atoms with van der Waals surface area (Å²) in [6, 6.07) is 4.67. The average Bonchev–Trinajstić information content (AvgIpc) is 3.06. The fourth-order valence-electron chi connectivity index (χ4n) is 3.82. The molecule has 2 N–H and O–H groups in total. The molecule has 18 heavy (non-hydrogen) atoms. The molecule has 0 radical (unpaired) electrons. The van der Waals surface area contributed by atoms with Crippen molar-refractivity contribution in [1.29, 1.82) is 0 Å². The zero-order valence-corrected chi connectivity index (χ0v) is 11.3. The van der Waals surface area contributed by atoms with Crippen molar-refractivity contribution in [2.75, 3.05) is 13.7 Å². The van der Waals surface area contributed by atoms with E-state index < -0.39 is 0 Å². The molecule has 0 aromatic heterocycles. The van der Waals surface area contributed by atoms with E-state index in [-0.39, 0.29) is 5.41 Å². The Bertz CT molecular complexity index is 447. The first kappa shape index (κ1) is 12.0. The van der Waals surface area contributed by atoms with Gasteiger partial charge in [0.1, 0.15) is 5.75 Å². The SMILES string of the molecule is COc1cc2c(cc1C1(CN)CCCC1)CCC2. The summed E-state index contributed by atoms with van der Waals surface area (Å²) in [5.74, 6) is 1.07. The van der Waals surface area contributed by atoms with Gasteiger partial charge in [0.05, 0.1) is 7.11 Å². The van der Waals surface area contributed by atoms with E-state index in [1.165, 1.54) is 61.6 Å². The summed E-state index contributed by atoms with van der Waals surface area (Å²) in [6.45, 7) is 0.752. The van der Waals surface area contributed by atoms with Gasteiger partial charge in [-0.25, -0.2) is 0 Å². The minimum atomic E-state index is 0.183. The number of benzene rings is 1. The average molecular weight is 245 g/mol. The first-order valence-electron chi connectivity index (χ1n) is 7.19. The molecule has 98 valence electrons. The molecule has 0 saturated heterocycles. The predicted octanol–water partition coefficient (Wildman–Crippen LogP) is 2.95. The Kier molecular flexibility index (Phi) is 3.06. The lowest BCUT2D eigenvalue weighted by Gasteiger charge is -2.30. The predicted molar refractivity (Wildman–Crippen MR) is 74.2 cm³/mol. The van der Waals surface area contributed by atoms with Crippen LogP contribution in [-0.4, -0.2) is 13.7 Å². The Morgan fingerprint density at radius 2 is 1.78 bits per heavy atom. The second-order valence-electron chi connectivity index (χ2n) is 5.87. The second-order valence-corrected chi connectivity index (χ2v) is 5.87. The summed E-state index contributed by atoms with van der Waals surface area (Å²) in [5.41, 5.74) is 10.7. The highest BCUT2D eigenvalue weighted by molar-refractivity contribution is 5.49. The van der Waals surface area contributed by atoms with E-state index in [0.29, 0.717) is 0 Å². The number of fused-ring (bicyclic) bond motifs is 1. The molecule has 2 nitrogen and oxygen atoms in total. The fraction of sp³-hybridized carbons (Fsp3) is 0.625. The van der Waals surface area contributed by atoms with Crippen molar-refractivity contribution in [1.82, 2.24) is 0 Å². The van der Waals surface area contributed by atoms with E-state index in [1.807, 2.05) is 0 Å². The largest absolute Gasteiger partial charge is 0.496 e. The van der Waals surface area contributed by atoms with Crippen LogP contribution in [0.15, 0.2) is 12.1 Å². The molecule has 2 heteroatoms. The van der Waals surface area contributed by atoms with E-state index >= 15 is 0 Å². The van der Waals surface area contributed by atoms with Crippen LogP contribution in [0, 0.1) is 0 Å². The highest BCUT2D eigenvalue weighted by Crippen LogP contribution is 2.45. The van der Waals surface area contributed by atoms with E-state index in [4.69, 9.17) is 10.5 Å². The van der Waals surface area contributed by atoms with Crippen LogP contribution >= 0.6 is 0 Å². The lowest BCUT2D eigenvalue weighted by Crippen LogP contribution is -2.32. The Morgan fingerprint density at radius 3 is 2.39 bits per heavy atom. The van der Waals surface area contributed by atoms with Gasteiger partial charge in [-0.15, -0.1) is 0 Å². The van der Waals surface area contributed by atoms with Gasteiger partial charge in [-0.2, -0.15) is 0 Å². The summed E-state index contributed by atoms with van der Waals surface area (Å²) < 4.78 is 5.65. The van der Waals surface area contributed by atoms with Crippen molar-refractivity contribution in [2.24, 2.45) is 5.73 Å². The van der Waals surface area contributed by atoms with Crippen LogP contribution < -0.4 is 10.5 Å². The number of methoxy groups -OCH3 is 1. The van der Waals surface area contributed by atoms with Crippen LogP contribution in [0.25, 0.3) is 0 Å². The molecule has 0 amide bonds. The van der Waals surface area contributed by atoms with Crippen molar-refractivity contribution < 1.29 is 4.74 Å². The minimum Gasteiger partial charge on any atom is -0.496 e. The highest BCUT2D eigenvalue weighted by atomic mass is 16.5. The maximum atomic E-state index is 6.11. The molecule has 0 bridgehead atoms. The molecule has 0 heterocycles. The van der Waals surface area contributed by atoms with Gasteiger partial charge in [-0.3, -0.25) is 0 Å². The van der Waals surface area contributed by atoms with Crippen molar-refractivity contribution >= 4 is 0 Å². The van der Waals surface area contributed by atoms with Crippen molar-refractivity contribution in [3.63, 3.8) is 0 Å². The number of aryl methyl sites for hydroxylation is 2. The van der Waals surface area contributed by atoms with Crippen LogP contribution in [-0.2, 0) is 18.3 Å². The molecule has 1 saturated carbocycles. The molecular weight excluding hydrogens is 222 g/mol. The molecule has 1 fully saturated rings. The number of hydrogen-bond donors (Lipinski definition) is 1. The standard InChI is InChI=1S/C16H23NO/c1-18-15-10-13-6-4-5-12(13)9-14(15)16(11-17)7-2-3-8-16/h9-10H,2-8,11,17H2,1H3. The molecule has 0 spiro atoms. The van der Waals surface area contributed by atoms with Gasteiger partial charge in [0.25, 0.3) is 0 Å². The Hall–Kier alpha value is -1.02. The molecule has 0 aliphatic heterocycles. The summed E-state index contributed by atoms with van der Waals surface area (Å²) in [7, 11) is 1.79. The monoisotopic (exact) mass is 245 g/mol. The quantitative estimate of drug-likeness (QED) is 0.888. The van der Waals surface area contributed by atoms with Crippen LogP contribution in [0.1, 0.15) is 48.8 Å². The summed E-state index contributed by atoms with van der Waals surface area (Å²) >= 11 is 0. The lowest BCUT2D eigenvalue weighted by molar-refractivity contribution is 0.377. The molecule has 1 aromatic carbocycles. The molecule has 1 aromatic rings. The lowest BCUT2D eigenvalue weighted by atomic mass is 9.77. The smallest absolute Gasteiger partial charge is 0.122 e. The summed E-state index contributed by atoms with van der Waals surface area (Å²) in [5, 5.41) is 0. The van der Waals surface area contributed by atoms with Crippen LogP contribution in [0.4, 0.5) is 0 Å². The maximum Gasteiger partial charge on any atom is 0.122 e. The van der Waals surface area contributed by atoms with Crippen LogP contribution in [0.3, 0.4) is 0 Å². The van der Waals surface area contributed by atoms with Crippen LogP contribution in [0.2, 0.25) is 0 Å². The van der Waals surface area contributed by atoms with Gasteiger partial charge in [0, 0.05) is 17.5 Å². The van der Waals surface area contributed by atoms with Gasteiger partial charge >= 0.3 is 0 Å². The normalized spacial score (nSPS) is 21.0. The topological polar surface area (TPSA) is 35.2 Å². The molecule has 2 aliphatic carbocycles. The fourth-order valence-corrected chi connectivity index (χ4v) is 3.82. The maximum absolute atomic E-state index is 6.11. The van der Waals surface area contributed by atoms with Crippen molar-refractivity contribution in [3.05, 3.63) is 28.8 Å². The van der Waals surface area contributed by atoms with Gasteiger partial charge in [-0.1, -0.05) is 18.9 Å². The Labute approximate surface area is 110 Å². The van der Waals surface area contributed by atoms with Crippen LogP contribution in [0.5, 0.6) is 5.75 Å². The third-order valence-electron chi connectivity index (χ3n) is 4.94. The molecular formula is C16H23NO. The molecule has 2 aliphatic rings. The highest BCUT2D eigenvalue weighted by Gasteiger charge is 2.37. The minimum absolute atomic E-state index is 0.183. The summed E-state index contributed by atoms with van der Waals surface area (Å²) in [6.07, 6.45) is 8.78.